The third-order valence-corrected chi connectivity index (χ3v) is 3.17. The van der Waals surface area contributed by atoms with Crippen LogP contribution < -0.4 is 27.9 Å². The van der Waals surface area contributed by atoms with Crippen LogP contribution in [0.1, 0.15) is 0 Å². The van der Waals surface area contributed by atoms with Crippen LogP contribution in [0.25, 0.3) is 0 Å². The van der Waals surface area contributed by atoms with Crippen molar-refractivity contribution in [2.45, 2.75) is 0 Å². The molecule has 0 amide bonds. The van der Waals surface area contributed by atoms with E-state index in [1.165, 1.54) is 12.1 Å². The fraction of sp³-hybridized carbons (Fsp3) is 0.250. The number of benzene rings is 2. The van der Waals surface area contributed by atoms with Crippen molar-refractivity contribution in [3.63, 3.8) is 0 Å². The molecule has 0 aliphatic heterocycles. The lowest BCUT2D eigenvalue weighted by atomic mass is 10.2. The Balaban J connectivity index is 0.000000449. The Morgan fingerprint density at radius 3 is 1.72 bits per heavy atom. The normalized spacial score (nSPS) is 9.32. The highest BCUT2D eigenvalue weighted by molar-refractivity contribution is 5.61. The molecule has 0 aliphatic rings. The number of aromatic hydroxyl groups is 2. The summed E-state index contributed by atoms with van der Waals surface area (Å²) in [7, 11) is 7.28. The summed E-state index contributed by atoms with van der Waals surface area (Å²) in [6.07, 6.45) is 0. The molecule has 0 saturated heterocycles. The second kappa shape index (κ2) is 9.55. The van der Waals surface area contributed by atoms with E-state index in [1.807, 2.05) is 31.1 Å². The zero-order valence-corrected chi connectivity index (χ0v) is 15.4. The third kappa shape index (κ3) is 6.36. The molecule has 0 spiro atoms. The van der Waals surface area contributed by atoms with Gasteiger partial charge in [-0.1, -0.05) is 0 Å². The highest BCUT2D eigenvalue weighted by atomic mass is 35.5. The van der Waals surface area contributed by atoms with Gasteiger partial charge in [0.2, 0.25) is 0 Å². The first-order chi connectivity index (χ1) is 11.1. The van der Waals surface area contributed by atoms with Gasteiger partial charge in [0.05, 0.1) is 22.4 Å². The van der Waals surface area contributed by atoms with Gasteiger partial charge in [-0.05, 0) is 12.1 Å². The Kier molecular flexibility index (Phi) is 8.52. The number of phenolic OH excluding ortho intramolecular Hbond substituents is 2. The highest BCUT2D eigenvalue weighted by Gasteiger charge is 2.10. The molecule has 0 atom stereocenters. The standard InChI is InChI=1S/C8H10N2O3.C8H12N2O.ClH/c1-9(2)7-4-3-6(10(12)13)5-8(7)11;1-10(2)7-4-3-6(9)5-8(7)11;/h3-5,11H,1-2H3;3-5,11H,9H2,1-2H3;1H. The molecule has 2 aromatic rings. The summed E-state index contributed by atoms with van der Waals surface area (Å²) < 4.78 is 0. The van der Waals surface area contributed by atoms with E-state index in [0.717, 1.165) is 17.4 Å². The lowest BCUT2D eigenvalue weighted by Gasteiger charge is -2.13. The maximum atomic E-state index is 10.3. The number of nitrogens with zero attached hydrogens (tertiary/aromatic N) is 3. The summed E-state index contributed by atoms with van der Waals surface area (Å²) in [4.78, 5) is 13.3. The molecule has 0 aliphatic carbocycles. The molecule has 5 N–H and O–H groups in total. The molecule has 0 radical (unpaired) electrons. The van der Waals surface area contributed by atoms with Gasteiger partial charge in [-0.15, -0.1) is 0 Å². The molecule has 8 nitrogen and oxygen atoms in total. The number of anilines is 2. The van der Waals surface area contributed by atoms with Gasteiger partial charge >= 0.3 is 0 Å². The average Bonchev–Trinajstić information content (AvgIpc) is 2.46. The molecule has 0 aromatic heterocycles. The van der Waals surface area contributed by atoms with Gasteiger partial charge in [-0.3, -0.25) is 10.1 Å². The van der Waals surface area contributed by atoms with E-state index < -0.39 is 4.92 Å². The van der Waals surface area contributed by atoms with Crippen LogP contribution in [-0.4, -0.2) is 43.3 Å². The highest BCUT2D eigenvalue weighted by Crippen LogP contribution is 2.29. The van der Waals surface area contributed by atoms with Crippen LogP contribution in [0.4, 0.5) is 22.7 Å². The second-order valence-electron chi connectivity index (χ2n) is 5.54. The van der Waals surface area contributed by atoms with Crippen LogP contribution in [0.3, 0.4) is 0 Å². The van der Waals surface area contributed by atoms with Crippen LogP contribution in [0, 0.1) is 10.1 Å². The minimum Gasteiger partial charge on any atom is -1.00 e. The minimum atomic E-state index is -0.542. The molecular formula is C16H23ClN4O4. The monoisotopic (exact) mass is 370 g/mol. The molecular weight excluding hydrogens is 348 g/mol. The molecule has 0 fully saturated rings. The maximum Gasteiger partial charge on any atom is 0.273 e. The third-order valence-electron chi connectivity index (χ3n) is 3.17. The van der Waals surface area contributed by atoms with Crippen LogP contribution in [0.5, 0.6) is 11.5 Å². The molecule has 2 aromatic carbocycles. The van der Waals surface area contributed by atoms with E-state index in [9.17, 15) is 20.3 Å². The molecule has 0 heterocycles. The van der Waals surface area contributed by atoms with Gasteiger partial charge in [0.1, 0.15) is 17.2 Å². The lowest BCUT2D eigenvalue weighted by molar-refractivity contribution is -0.384. The van der Waals surface area contributed by atoms with E-state index in [2.05, 4.69) is 5.73 Å². The van der Waals surface area contributed by atoms with E-state index in [1.54, 1.807) is 25.1 Å². The summed E-state index contributed by atoms with van der Waals surface area (Å²) in [5.41, 5.74) is 5.80. The van der Waals surface area contributed by atoms with Crippen LogP contribution in [0.15, 0.2) is 36.4 Å². The van der Waals surface area contributed by atoms with Gasteiger partial charge < -0.3 is 38.2 Å². The van der Waals surface area contributed by atoms with Crippen LogP contribution in [-0.2, 0) is 0 Å². The SMILES string of the molecule is CN(C)c1ccc([N+](=O)[O-])cc1O.CN(C)c1ccc([NH3+])cc1O.[Cl-]. The van der Waals surface area contributed by atoms with Crippen LogP contribution >= 0.6 is 0 Å². The maximum absolute atomic E-state index is 10.3. The fourth-order valence-corrected chi connectivity index (χ4v) is 1.95. The number of rotatable bonds is 3. The number of halogens is 1. The predicted octanol–water partition coefficient (Wildman–Crippen LogP) is -1.30. The zero-order chi connectivity index (χ0) is 18.4. The summed E-state index contributed by atoms with van der Waals surface area (Å²) in [5.74, 6) is 0.196. The minimum absolute atomic E-state index is 0. The number of non-ortho nitro benzene ring substituents is 1. The van der Waals surface area contributed by atoms with Crippen molar-refractivity contribution < 1.29 is 33.3 Å². The van der Waals surface area contributed by atoms with Crippen molar-refractivity contribution >= 4 is 22.7 Å². The summed E-state index contributed by atoms with van der Waals surface area (Å²) in [6, 6.07) is 9.36. The van der Waals surface area contributed by atoms with Crippen molar-refractivity contribution in [2.24, 2.45) is 0 Å². The Hall–Kier alpha value is -2.71. The van der Waals surface area contributed by atoms with Gasteiger partial charge in [0, 0.05) is 46.4 Å². The van der Waals surface area contributed by atoms with Crippen molar-refractivity contribution in [1.82, 2.24) is 0 Å². The van der Waals surface area contributed by atoms with Crippen molar-refractivity contribution in [1.29, 1.82) is 0 Å². The second-order valence-corrected chi connectivity index (χ2v) is 5.54. The molecule has 2 rings (SSSR count). The Morgan fingerprint density at radius 1 is 0.920 bits per heavy atom. The van der Waals surface area contributed by atoms with E-state index >= 15 is 0 Å². The number of nitro benzene ring substituents is 1. The Bertz CT molecular complexity index is 723. The summed E-state index contributed by atoms with van der Waals surface area (Å²) in [5, 5.41) is 29.1. The summed E-state index contributed by atoms with van der Waals surface area (Å²) in [6.45, 7) is 0. The first-order valence-corrected chi connectivity index (χ1v) is 7.10. The van der Waals surface area contributed by atoms with Crippen LogP contribution in [0.2, 0.25) is 0 Å². The van der Waals surface area contributed by atoms with Crippen molar-refractivity contribution in [2.75, 3.05) is 38.0 Å². The molecule has 9 heteroatoms. The van der Waals surface area contributed by atoms with Gasteiger partial charge in [0.25, 0.3) is 5.69 Å². The van der Waals surface area contributed by atoms with Crippen molar-refractivity contribution in [3.05, 3.63) is 46.5 Å². The predicted molar refractivity (Wildman–Crippen MR) is 94.1 cm³/mol. The number of phenols is 2. The average molecular weight is 371 g/mol. The van der Waals surface area contributed by atoms with E-state index in [0.29, 0.717) is 5.69 Å². The van der Waals surface area contributed by atoms with Crippen molar-refractivity contribution in [3.8, 4) is 11.5 Å². The number of hydrogen-bond acceptors (Lipinski definition) is 6. The first-order valence-electron chi connectivity index (χ1n) is 7.10. The molecule has 0 bridgehead atoms. The Labute approximate surface area is 152 Å². The number of quaternary nitrogens is 1. The van der Waals surface area contributed by atoms with Gasteiger partial charge in [-0.25, -0.2) is 0 Å². The van der Waals surface area contributed by atoms with Gasteiger partial charge in [-0.2, -0.15) is 0 Å². The number of hydrogen-bond donors (Lipinski definition) is 3. The molecule has 0 unspecified atom stereocenters. The fourth-order valence-electron chi connectivity index (χ4n) is 1.95. The van der Waals surface area contributed by atoms with E-state index in [-0.39, 0.29) is 29.6 Å². The number of nitro groups is 1. The van der Waals surface area contributed by atoms with Gasteiger partial charge in [0.15, 0.2) is 0 Å². The zero-order valence-electron chi connectivity index (χ0n) is 14.6. The Morgan fingerprint density at radius 2 is 1.36 bits per heavy atom. The quantitative estimate of drug-likeness (QED) is 0.456. The molecule has 138 valence electrons. The summed E-state index contributed by atoms with van der Waals surface area (Å²) >= 11 is 0. The lowest BCUT2D eigenvalue weighted by Crippen LogP contribution is -3.00. The largest absolute Gasteiger partial charge is 1.00 e. The van der Waals surface area contributed by atoms with E-state index in [4.69, 9.17) is 0 Å². The molecule has 0 saturated carbocycles. The smallest absolute Gasteiger partial charge is 0.273 e. The topological polar surface area (TPSA) is 118 Å². The first kappa shape index (κ1) is 22.3. The molecule has 25 heavy (non-hydrogen) atoms.